The van der Waals surface area contributed by atoms with Gasteiger partial charge in [0.2, 0.25) is 5.91 Å². The van der Waals surface area contributed by atoms with E-state index in [2.05, 4.69) is 10.6 Å². The smallest absolute Gasteiger partial charge is 0.228 e. The predicted octanol–water partition coefficient (Wildman–Crippen LogP) is 1.54. The van der Waals surface area contributed by atoms with Gasteiger partial charge < -0.3 is 10.6 Å². The zero-order chi connectivity index (χ0) is 10.7. The summed E-state index contributed by atoms with van der Waals surface area (Å²) in [6.45, 7) is 3.76. The minimum absolute atomic E-state index is 0.129. The van der Waals surface area contributed by atoms with Crippen LogP contribution in [0, 0.1) is 12.8 Å². The highest BCUT2D eigenvalue weighted by molar-refractivity contribution is 5.93. The Bertz CT molecular complexity index is 356. The fourth-order valence-electron chi connectivity index (χ4n) is 1.83. The Morgan fingerprint density at radius 2 is 2.27 bits per heavy atom. The molecule has 1 aliphatic rings. The number of amides is 1. The summed E-state index contributed by atoms with van der Waals surface area (Å²) in [6.07, 6.45) is 0.942. The molecular weight excluding hydrogens is 188 g/mol. The van der Waals surface area contributed by atoms with Crippen LogP contribution >= 0.6 is 0 Å². The second-order valence-corrected chi connectivity index (χ2v) is 3.99. The number of para-hydroxylation sites is 1. The zero-order valence-electron chi connectivity index (χ0n) is 8.92. The number of rotatable bonds is 2. The second-order valence-electron chi connectivity index (χ2n) is 3.99. The van der Waals surface area contributed by atoms with E-state index in [1.165, 1.54) is 0 Å². The number of carbonyl (C=O) groups excluding carboxylic acids is 1. The van der Waals surface area contributed by atoms with Crippen LogP contribution < -0.4 is 10.6 Å². The predicted molar refractivity (Wildman–Crippen MR) is 60.8 cm³/mol. The fourth-order valence-corrected chi connectivity index (χ4v) is 1.83. The summed E-state index contributed by atoms with van der Waals surface area (Å²) in [7, 11) is 0. The van der Waals surface area contributed by atoms with Gasteiger partial charge in [-0.05, 0) is 31.5 Å². The molecular formula is C12H16N2O. The van der Waals surface area contributed by atoms with Crippen molar-refractivity contribution in [3.05, 3.63) is 29.8 Å². The third-order valence-corrected chi connectivity index (χ3v) is 2.83. The Kier molecular flexibility index (Phi) is 3.02. The van der Waals surface area contributed by atoms with Crippen molar-refractivity contribution in [1.82, 2.24) is 5.32 Å². The number of nitrogens with one attached hydrogen (secondary N) is 2. The molecule has 2 N–H and O–H groups in total. The molecule has 1 amide bonds. The van der Waals surface area contributed by atoms with Crippen molar-refractivity contribution >= 4 is 11.6 Å². The molecule has 80 valence electrons. The largest absolute Gasteiger partial charge is 0.326 e. The van der Waals surface area contributed by atoms with E-state index in [4.69, 9.17) is 0 Å². The van der Waals surface area contributed by atoms with Gasteiger partial charge in [-0.15, -0.1) is 0 Å². The number of carbonyl (C=O) groups is 1. The van der Waals surface area contributed by atoms with Crippen molar-refractivity contribution in [2.75, 3.05) is 18.4 Å². The van der Waals surface area contributed by atoms with Crippen molar-refractivity contribution in [3.8, 4) is 0 Å². The number of benzene rings is 1. The van der Waals surface area contributed by atoms with Crippen molar-refractivity contribution in [2.45, 2.75) is 13.3 Å². The fraction of sp³-hybridized carbons (Fsp3) is 0.417. The average molecular weight is 204 g/mol. The normalized spacial score (nSPS) is 20.2. The van der Waals surface area contributed by atoms with Gasteiger partial charge in [0.1, 0.15) is 0 Å². The van der Waals surface area contributed by atoms with Gasteiger partial charge in [-0.25, -0.2) is 0 Å². The molecule has 1 aromatic carbocycles. The highest BCUT2D eigenvalue weighted by Crippen LogP contribution is 2.16. The molecule has 0 radical (unpaired) electrons. The Morgan fingerprint density at radius 1 is 1.47 bits per heavy atom. The van der Waals surface area contributed by atoms with Crippen LogP contribution in [0.15, 0.2) is 24.3 Å². The van der Waals surface area contributed by atoms with Crippen LogP contribution in [-0.2, 0) is 4.79 Å². The number of anilines is 1. The first-order valence-electron chi connectivity index (χ1n) is 5.34. The molecule has 0 aliphatic carbocycles. The molecule has 0 aromatic heterocycles. The van der Waals surface area contributed by atoms with Gasteiger partial charge in [0.25, 0.3) is 0 Å². The third-order valence-electron chi connectivity index (χ3n) is 2.83. The average Bonchev–Trinajstić information content (AvgIpc) is 2.74. The van der Waals surface area contributed by atoms with Crippen LogP contribution in [0.4, 0.5) is 5.69 Å². The summed E-state index contributed by atoms with van der Waals surface area (Å²) >= 11 is 0. The summed E-state index contributed by atoms with van der Waals surface area (Å²) in [5.74, 6) is 0.263. The lowest BCUT2D eigenvalue weighted by Gasteiger charge is -2.11. The monoisotopic (exact) mass is 204 g/mol. The lowest BCUT2D eigenvalue weighted by atomic mass is 10.1. The topological polar surface area (TPSA) is 41.1 Å². The van der Waals surface area contributed by atoms with E-state index in [1.54, 1.807) is 0 Å². The minimum Gasteiger partial charge on any atom is -0.326 e. The van der Waals surface area contributed by atoms with E-state index >= 15 is 0 Å². The maximum atomic E-state index is 11.8. The van der Waals surface area contributed by atoms with Gasteiger partial charge in [0.15, 0.2) is 0 Å². The molecule has 3 nitrogen and oxygen atoms in total. The number of hydrogen-bond acceptors (Lipinski definition) is 2. The molecule has 0 saturated carbocycles. The van der Waals surface area contributed by atoms with E-state index in [0.717, 1.165) is 30.8 Å². The summed E-state index contributed by atoms with van der Waals surface area (Å²) in [4.78, 5) is 11.8. The molecule has 2 rings (SSSR count). The first-order chi connectivity index (χ1) is 7.27. The molecule has 1 aromatic rings. The number of hydrogen-bond donors (Lipinski definition) is 2. The van der Waals surface area contributed by atoms with E-state index in [9.17, 15) is 4.79 Å². The van der Waals surface area contributed by atoms with E-state index in [1.807, 2.05) is 31.2 Å². The van der Waals surface area contributed by atoms with Crippen LogP contribution in [0.1, 0.15) is 12.0 Å². The van der Waals surface area contributed by atoms with E-state index in [0.29, 0.717) is 0 Å². The Labute approximate surface area is 89.9 Å². The molecule has 15 heavy (non-hydrogen) atoms. The molecule has 1 atom stereocenters. The summed E-state index contributed by atoms with van der Waals surface area (Å²) < 4.78 is 0. The first-order valence-corrected chi connectivity index (χ1v) is 5.34. The quantitative estimate of drug-likeness (QED) is 0.767. The van der Waals surface area contributed by atoms with Gasteiger partial charge in [-0.1, -0.05) is 18.2 Å². The Hall–Kier alpha value is -1.35. The lowest BCUT2D eigenvalue weighted by molar-refractivity contribution is -0.119. The molecule has 0 bridgehead atoms. The maximum absolute atomic E-state index is 11.8. The molecule has 1 heterocycles. The van der Waals surface area contributed by atoms with Crippen molar-refractivity contribution in [1.29, 1.82) is 0 Å². The summed E-state index contributed by atoms with van der Waals surface area (Å²) in [5.41, 5.74) is 2.03. The molecule has 1 saturated heterocycles. The lowest BCUT2D eigenvalue weighted by Crippen LogP contribution is -2.24. The van der Waals surface area contributed by atoms with Crippen LogP contribution in [-0.4, -0.2) is 19.0 Å². The summed E-state index contributed by atoms with van der Waals surface area (Å²) in [5, 5.41) is 6.17. The van der Waals surface area contributed by atoms with Crippen molar-refractivity contribution < 1.29 is 4.79 Å². The summed E-state index contributed by atoms with van der Waals surface area (Å²) in [6, 6.07) is 7.86. The minimum atomic E-state index is 0.129. The molecule has 1 aliphatic heterocycles. The van der Waals surface area contributed by atoms with Gasteiger partial charge in [0.05, 0.1) is 5.92 Å². The van der Waals surface area contributed by atoms with Crippen LogP contribution in [0.2, 0.25) is 0 Å². The molecule has 0 spiro atoms. The van der Waals surface area contributed by atoms with Crippen LogP contribution in [0.3, 0.4) is 0 Å². The van der Waals surface area contributed by atoms with Gasteiger partial charge in [-0.2, -0.15) is 0 Å². The van der Waals surface area contributed by atoms with E-state index < -0.39 is 0 Å². The molecule has 0 unspecified atom stereocenters. The third kappa shape index (κ3) is 2.36. The standard InChI is InChI=1S/C12H16N2O/c1-9-4-2-3-5-11(9)14-12(15)10-6-7-13-8-10/h2-5,10,13H,6-8H2,1H3,(H,14,15)/t10-/m0/s1. The zero-order valence-corrected chi connectivity index (χ0v) is 8.92. The SMILES string of the molecule is Cc1ccccc1NC(=O)[C@H]1CCNC1. The van der Waals surface area contributed by atoms with Crippen molar-refractivity contribution in [2.24, 2.45) is 5.92 Å². The van der Waals surface area contributed by atoms with Gasteiger partial charge >= 0.3 is 0 Å². The highest BCUT2D eigenvalue weighted by Gasteiger charge is 2.22. The number of aryl methyl sites for hydroxylation is 1. The van der Waals surface area contributed by atoms with Crippen molar-refractivity contribution in [3.63, 3.8) is 0 Å². The molecule has 1 fully saturated rings. The first kappa shape index (κ1) is 10.2. The van der Waals surface area contributed by atoms with Gasteiger partial charge in [0, 0.05) is 12.2 Å². The molecule has 3 heteroatoms. The van der Waals surface area contributed by atoms with Crippen LogP contribution in [0.5, 0.6) is 0 Å². The second kappa shape index (κ2) is 4.45. The highest BCUT2D eigenvalue weighted by atomic mass is 16.1. The maximum Gasteiger partial charge on any atom is 0.228 e. The van der Waals surface area contributed by atoms with E-state index in [-0.39, 0.29) is 11.8 Å². The van der Waals surface area contributed by atoms with Crippen LogP contribution in [0.25, 0.3) is 0 Å². The Morgan fingerprint density at radius 3 is 2.93 bits per heavy atom. The van der Waals surface area contributed by atoms with Gasteiger partial charge in [-0.3, -0.25) is 4.79 Å². The Balaban J connectivity index is 2.02.